The van der Waals surface area contributed by atoms with Crippen molar-refractivity contribution in [2.45, 2.75) is 6.92 Å². The first-order valence-corrected chi connectivity index (χ1v) is 8.97. The molecule has 1 aromatic heterocycles. The molecule has 4 rings (SSSR count). The van der Waals surface area contributed by atoms with E-state index < -0.39 is 5.97 Å². The normalized spacial score (nSPS) is 10.8. The molecule has 29 heavy (non-hydrogen) atoms. The first kappa shape index (κ1) is 18.4. The smallest absolute Gasteiger partial charge is 0.339 e. The van der Waals surface area contributed by atoms with Crippen molar-refractivity contribution >= 4 is 22.7 Å². The van der Waals surface area contributed by atoms with E-state index in [2.05, 4.69) is 0 Å². The standard InChI is InChI=1S/C24H16O5/c1-14-20(25)18-8-5-9-19(24(27)28)23(18)29-22(14)17-12-10-16(11-13-17)21(26)15-6-3-2-4-7-15/h2-13H,1H3,(H,27,28). The molecule has 0 unspecified atom stereocenters. The molecule has 0 saturated carbocycles. The van der Waals surface area contributed by atoms with Gasteiger partial charge in [0.1, 0.15) is 11.3 Å². The minimum absolute atomic E-state index is 0.0371. The lowest BCUT2D eigenvalue weighted by molar-refractivity contribution is 0.0697. The monoisotopic (exact) mass is 384 g/mol. The molecule has 1 N–H and O–H groups in total. The summed E-state index contributed by atoms with van der Waals surface area (Å²) in [6.07, 6.45) is 0. The summed E-state index contributed by atoms with van der Waals surface area (Å²) in [5.74, 6) is -0.991. The Hall–Kier alpha value is -3.99. The summed E-state index contributed by atoms with van der Waals surface area (Å²) in [7, 11) is 0. The second kappa shape index (κ2) is 7.20. The number of fused-ring (bicyclic) bond motifs is 1. The molecule has 0 aliphatic heterocycles. The van der Waals surface area contributed by atoms with Gasteiger partial charge in [-0.3, -0.25) is 9.59 Å². The molecule has 0 fully saturated rings. The van der Waals surface area contributed by atoms with Crippen molar-refractivity contribution < 1.29 is 19.1 Å². The van der Waals surface area contributed by atoms with E-state index in [9.17, 15) is 19.5 Å². The Balaban J connectivity index is 1.82. The van der Waals surface area contributed by atoms with Crippen LogP contribution in [0.3, 0.4) is 0 Å². The molecule has 0 amide bonds. The first-order chi connectivity index (χ1) is 14.0. The Morgan fingerprint density at radius 3 is 2.14 bits per heavy atom. The summed E-state index contributed by atoms with van der Waals surface area (Å²) in [5.41, 5.74) is 1.74. The van der Waals surface area contributed by atoms with Crippen LogP contribution < -0.4 is 5.43 Å². The van der Waals surface area contributed by atoms with Crippen molar-refractivity contribution in [2.24, 2.45) is 0 Å². The fraction of sp³-hybridized carbons (Fsp3) is 0.0417. The molecule has 4 aromatic rings. The Kier molecular flexibility index (Phi) is 4.56. The van der Waals surface area contributed by atoms with Crippen LogP contribution in [-0.2, 0) is 0 Å². The molecule has 0 saturated heterocycles. The third kappa shape index (κ3) is 3.23. The summed E-state index contributed by atoms with van der Waals surface area (Å²) in [4.78, 5) is 36.8. The molecular weight excluding hydrogens is 368 g/mol. The van der Waals surface area contributed by atoms with E-state index in [4.69, 9.17) is 4.42 Å². The first-order valence-electron chi connectivity index (χ1n) is 8.97. The van der Waals surface area contributed by atoms with E-state index in [-0.39, 0.29) is 33.5 Å². The van der Waals surface area contributed by atoms with Gasteiger partial charge in [0.25, 0.3) is 0 Å². The number of carboxylic acids is 1. The van der Waals surface area contributed by atoms with Crippen LogP contribution in [0.1, 0.15) is 31.8 Å². The quantitative estimate of drug-likeness (QED) is 0.516. The van der Waals surface area contributed by atoms with Crippen molar-refractivity contribution in [3.8, 4) is 11.3 Å². The van der Waals surface area contributed by atoms with Crippen molar-refractivity contribution in [3.05, 3.63) is 105 Å². The van der Waals surface area contributed by atoms with Gasteiger partial charge in [0.05, 0.1) is 5.39 Å². The number of hydrogen-bond acceptors (Lipinski definition) is 4. The molecular formula is C24H16O5. The maximum Gasteiger partial charge on any atom is 0.339 e. The maximum absolute atomic E-state index is 12.8. The van der Waals surface area contributed by atoms with Gasteiger partial charge in [0.2, 0.25) is 0 Å². The highest BCUT2D eigenvalue weighted by atomic mass is 16.4. The van der Waals surface area contributed by atoms with E-state index in [1.165, 1.54) is 12.1 Å². The molecule has 142 valence electrons. The Bertz CT molecular complexity index is 1300. The van der Waals surface area contributed by atoms with Crippen LogP contribution in [0.2, 0.25) is 0 Å². The highest BCUT2D eigenvalue weighted by Gasteiger charge is 2.18. The van der Waals surface area contributed by atoms with Crippen LogP contribution in [0.15, 0.2) is 82.0 Å². The minimum atomic E-state index is -1.17. The van der Waals surface area contributed by atoms with E-state index >= 15 is 0 Å². The van der Waals surface area contributed by atoms with Crippen LogP contribution in [0.5, 0.6) is 0 Å². The van der Waals surface area contributed by atoms with Crippen molar-refractivity contribution in [2.75, 3.05) is 0 Å². The number of benzene rings is 3. The highest BCUT2D eigenvalue weighted by Crippen LogP contribution is 2.28. The zero-order valence-corrected chi connectivity index (χ0v) is 15.5. The molecule has 0 spiro atoms. The van der Waals surface area contributed by atoms with Gasteiger partial charge in [-0.15, -0.1) is 0 Å². The second-order valence-electron chi connectivity index (χ2n) is 6.65. The lowest BCUT2D eigenvalue weighted by Gasteiger charge is -2.09. The average molecular weight is 384 g/mol. The van der Waals surface area contributed by atoms with Gasteiger partial charge in [0, 0.05) is 22.3 Å². The molecule has 0 radical (unpaired) electrons. The van der Waals surface area contributed by atoms with Crippen molar-refractivity contribution in [1.29, 1.82) is 0 Å². The molecule has 5 heteroatoms. The topological polar surface area (TPSA) is 84.6 Å². The molecule has 0 aliphatic rings. The van der Waals surface area contributed by atoms with Gasteiger partial charge in [-0.25, -0.2) is 4.79 Å². The Morgan fingerprint density at radius 1 is 0.828 bits per heavy atom. The van der Waals surface area contributed by atoms with Gasteiger partial charge in [-0.1, -0.05) is 60.7 Å². The summed E-state index contributed by atoms with van der Waals surface area (Å²) < 4.78 is 5.87. The van der Waals surface area contributed by atoms with Crippen LogP contribution in [0, 0.1) is 6.92 Å². The summed E-state index contributed by atoms with van der Waals surface area (Å²) in [6.45, 7) is 1.64. The number of rotatable bonds is 4. The minimum Gasteiger partial charge on any atom is -0.478 e. The van der Waals surface area contributed by atoms with E-state index in [1.54, 1.807) is 61.5 Å². The average Bonchev–Trinajstić information content (AvgIpc) is 2.76. The second-order valence-corrected chi connectivity index (χ2v) is 6.65. The predicted octanol–water partition coefficient (Wildman–Crippen LogP) is 4.70. The maximum atomic E-state index is 12.8. The summed E-state index contributed by atoms with van der Waals surface area (Å²) >= 11 is 0. The summed E-state index contributed by atoms with van der Waals surface area (Å²) in [5, 5.41) is 9.63. The largest absolute Gasteiger partial charge is 0.478 e. The fourth-order valence-corrected chi connectivity index (χ4v) is 3.28. The van der Waals surface area contributed by atoms with Gasteiger partial charge >= 0.3 is 5.97 Å². The number of carbonyl (C=O) groups is 2. The molecule has 1 heterocycles. The number of aromatic carboxylic acids is 1. The van der Waals surface area contributed by atoms with Gasteiger partial charge in [0.15, 0.2) is 16.8 Å². The summed E-state index contributed by atoms with van der Waals surface area (Å²) in [6, 6.07) is 20.1. The van der Waals surface area contributed by atoms with Crippen LogP contribution in [0.25, 0.3) is 22.3 Å². The Labute approximate surface area is 165 Å². The SMILES string of the molecule is Cc1c(-c2ccc(C(=O)c3ccccc3)cc2)oc2c(C(=O)O)cccc2c1=O. The van der Waals surface area contributed by atoms with Gasteiger partial charge < -0.3 is 9.52 Å². The molecule has 5 nitrogen and oxygen atoms in total. The van der Waals surface area contributed by atoms with Crippen molar-refractivity contribution in [3.63, 3.8) is 0 Å². The molecule has 3 aromatic carbocycles. The number of hydrogen-bond donors (Lipinski definition) is 1. The predicted molar refractivity (Wildman–Crippen MR) is 109 cm³/mol. The van der Waals surface area contributed by atoms with Crippen molar-refractivity contribution in [1.82, 2.24) is 0 Å². The molecule has 0 atom stereocenters. The van der Waals surface area contributed by atoms with Crippen LogP contribution in [-0.4, -0.2) is 16.9 Å². The van der Waals surface area contributed by atoms with Gasteiger partial charge in [-0.2, -0.15) is 0 Å². The zero-order valence-electron chi connectivity index (χ0n) is 15.5. The number of carboxylic acid groups (broad SMARTS) is 1. The van der Waals surface area contributed by atoms with E-state index in [1.807, 2.05) is 6.07 Å². The Morgan fingerprint density at radius 2 is 1.48 bits per heavy atom. The third-order valence-corrected chi connectivity index (χ3v) is 4.82. The van der Waals surface area contributed by atoms with Crippen LogP contribution in [0.4, 0.5) is 0 Å². The molecule has 0 bridgehead atoms. The lowest BCUT2D eigenvalue weighted by atomic mass is 9.99. The zero-order chi connectivity index (χ0) is 20.5. The number of carbonyl (C=O) groups excluding carboxylic acids is 1. The number of ketones is 1. The van der Waals surface area contributed by atoms with E-state index in [0.717, 1.165) is 0 Å². The number of para-hydroxylation sites is 1. The van der Waals surface area contributed by atoms with Gasteiger partial charge in [-0.05, 0) is 19.1 Å². The van der Waals surface area contributed by atoms with E-state index in [0.29, 0.717) is 22.3 Å². The fourth-order valence-electron chi connectivity index (χ4n) is 3.28. The van der Waals surface area contributed by atoms with Crippen LogP contribution >= 0.6 is 0 Å². The lowest BCUT2D eigenvalue weighted by Crippen LogP contribution is -2.09. The molecule has 0 aliphatic carbocycles. The highest BCUT2D eigenvalue weighted by molar-refractivity contribution is 6.09. The third-order valence-electron chi connectivity index (χ3n) is 4.82.